The molecule has 0 unspecified atom stereocenters. The zero-order chi connectivity index (χ0) is 21.1. The number of halogens is 1. The van der Waals surface area contributed by atoms with Gasteiger partial charge in [-0.1, -0.05) is 36.4 Å². The van der Waals surface area contributed by atoms with E-state index < -0.39 is 6.10 Å². The number of fused-ring (bicyclic) bond motifs is 1. The smallest absolute Gasteiger partial charge is 0.252 e. The van der Waals surface area contributed by atoms with Gasteiger partial charge in [0.25, 0.3) is 5.91 Å². The SMILES string of the molecule is CCO[C@H]1CO[C@@H](C(=O)N2CCc3ccccc3[C@@H]2c2ccc(F)cc2)C[C@@H]1NC. The first-order valence-electron chi connectivity index (χ1n) is 10.7. The molecule has 1 amide bonds. The van der Waals surface area contributed by atoms with Gasteiger partial charge in [0.05, 0.1) is 18.8 Å². The van der Waals surface area contributed by atoms with Crippen molar-refractivity contribution < 1.29 is 18.7 Å². The molecule has 160 valence electrons. The zero-order valence-electron chi connectivity index (χ0n) is 17.5. The lowest BCUT2D eigenvalue weighted by atomic mass is 9.87. The number of benzene rings is 2. The third-order valence-corrected chi connectivity index (χ3v) is 6.16. The van der Waals surface area contributed by atoms with Gasteiger partial charge >= 0.3 is 0 Å². The Morgan fingerprint density at radius 2 is 2.00 bits per heavy atom. The van der Waals surface area contributed by atoms with Crippen molar-refractivity contribution in [2.75, 3.05) is 26.8 Å². The maximum atomic E-state index is 13.6. The summed E-state index contributed by atoms with van der Waals surface area (Å²) in [6.07, 6.45) is 0.781. The number of carbonyl (C=O) groups excluding carboxylic acids is 1. The van der Waals surface area contributed by atoms with Gasteiger partial charge in [-0.2, -0.15) is 0 Å². The number of nitrogens with one attached hydrogen (secondary N) is 1. The van der Waals surface area contributed by atoms with E-state index in [2.05, 4.69) is 17.4 Å². The number of rotatable bonds is 5. The highest BCUT2D eigenvalue weighted by Gasteiger charge is 2.40. The van der Waals surface area contributed by atoms with Gasteiger partial charge < -0.3 is 19.7 Å². The fraction of sp³-hybridized carbons (Fsp3) is 0.458. The van der Waals surface area contributed by atoms with E-state index in [4.69, 9.17) is 9.47 Å². The summed E-state index contributed by atoms with van der Waals surface area (Å²) in [4.78, 5) is 15.5. The van der Waals surface area contributed by atoms with Crippen molar-refractivity contribution >= 4 is 5.91 Å². The number of likely N-dealkylation sites (N-methyl/N-ethyl adjacent to an activating group) is 1. The largest absolute Gasteiger partial charge is 0.374 e. The van der Waals surface area contributed by atoms with Gasteiger partial charge in [0.15, 0.2) is 0 Å². The summed E-state index contributed by atoms with van der Waals surface area (Å²) in [6.45, 7) is 3.57. The summed E-state index contributed by atoms with van der Waals surface area (Å²) >= 11 is 0. The molecule has 0 bridgehead atoms. The molecular formula is C24H29FN2O3. The average molecular weight is 413 g/mol. The Labute approximate surface area is 177 Å². The van der Waals surface area contributed by atoms with Crippen LogP contribution < -0.4 is 5.32 Å². The van der Waals surface area contributed by atoms with Gasteiger partial charge in [-0.15, -0.1) is 0 Å². The summed E-state index contributed by atoms with van der Waals surface area (Å²) < 4.78 is 25.3. The molecule has 0 spiro atoms. The van der Waals surface area contributed by atoms with Crippen molar-refractivity contribution in [1.82, 2.24) is 10.2 Å². The molecule has 2 heterocycles. The van der Waals surface area contributed by atoms with E-state index in [0.29, 0.717) is 26.2 Å². The first-order valence-corrected chi connectivity index (χ1v) is 10.7. The number of ether oxygens (including phenoxy) is 2. The minimum absolute atomic E-state index is 0.0194. The van der Waals surface area contributed by atoms with Crippen LogP contribution in [0.2, 0.25) is 0 Å². The van der Waals surface area contributed by atoms with E-state index in [0.717, 1.165) is 17.5 Å². The lowest BCUT2D eigenvalue weighted by molar-refractivity contribution is -0.158. The summed E-state index contributed by atoms with van der Waals surface area (Å²) in [5, 5.41) is 3.27. The minimum Gasteiger partial charge on any atom is -0.374 e. The normalized spacial score (nSPS) is 26.3. The highest BCUT2D eigenvalue weighted by Crippen LogP contribution is 2.36. The summed E-state index contributed by atoms with van der Waals surface area (Å²) in [5.41, 5.74) is 3.23. The first kappa shape index (κ1) is 21.0. The number of hydrogen-bond acceptors (Lipinski definition) is 4. The van der Waals surface area contributed by atoms with Crippen LogP contribution in [0.25, 0.3) is 0 Å². The molecule has 1 fully saturated rings. The van der Waals surface area contributed by atoms with E-state index in [9.17, 15) is 9.18 Å². The van der Waals surface area contributed by atoms with E-state index in [1.165, 1.54) is 17.7 Å². The van der Waals surface area contributed by atoms with Crippen LogP contribution >= 0.6 is 0 Å². The number of carbonyl (C=O) groups is 1. The Morgan fingerprint density at radius 3 is 2.73 bits per heavy atom. The van der Waals surface area contributed by atoms with Crippen LogP contribution in [0.5, 0.6) is 0 Å². The Balaban J connectivity index is 1.62. The zero-order valence-corrected chi connectivity index (χ0v) is 17.5. The Bertz CT molecular complexity index is 873. The van der Waals surface area contributed by atoms with Crippen molar-refractivity contribution in [1.29, 1.82) is 0 Å². The third-order valence-electron chi connectivity index (χ3n) is 6.16. The van der Waals surface area contributed by atoms with Gasteiger partial charge in [-0.3, -0.25) is 4.79 Å². The Morgan fingerprint density at radius 1 is 1.23 bits per heavy atom. The molecule has 2 aromatic carbocycles. The van der Waals surface area contributed by atoms with Gasteiger partial charge in [0.1, 0.15) is 11.9 Å². The van der Waals surface area contributed by atoms with Gasteiger partial charge in [-0.25, -0.2) is 4.39 Å². The predicted molar refractivity (Wildman–Crippen MR) is 113 cm³/mol. The molecule has 0 aromatic heterocycles. The van der Waals surface area contributed by atoms with Crippen molar-refractivity contribution in [3.05, 3.63) is 71.0 Å². The molecule has 0 saturated carbocycles. The van der Waals surface area contributed by atoms with Crippen LogP contribution in [0.15, 0.2) is 48.5 Å². The Hall–Kier alpha value is -2.28. The van der Waals surface area contributed by atoms with E-state index >= 15 is 0 Å². The third kappa shape index (κ3) is 4.13. The number of amides is 1. The van der Waals surface area contributed by atoms with E-state index in [1.807, 2.05) is 31.0 Å². The summed E-state index contributed by atoms with van der Waals surface area (Å²) in [5.74, 6) is -0.302. The molecule has 1 saturated heterocycles. The van der Waals surface area contributed by atoms with Crippen LogP contribution in [-0.4, -0.2) is 55.9 Å². The average Bonchev–Trinajstić information content (AvgIpc) is 2.79. The second-order valence-corrected chi connectivity index (χ2v) is 7.88. The topological polar surface area (TPSA) is 50.8 Å². The monoisotopic (exact) mass is 412 g/mol. The van der Waals surface area contributed by atoms with E-state index in [1.54, 1.807) is 12.1 Å². The van der Waals surface area contributed by atoms with Crippen molar-refractivity contribution in [3.63, 3.8) is 0 Å². The molecule has 2 aliphatic rings. The lowest BCUT2D eigenvalue weighted by Crippen LogP contribution is -2.55. The highest BCUT2D eigenvalue weighted by molar-refractivity contribution is 5.82. The van der Waals surface area contributed by atoms with E-state index in [-0.39, 0.29) is 29.9 Å². The Kier molecular flexibility index (Phi) is 6.46. The minimum atomic E-state index is -0.521. The first-order chi connectivity index (χ1) is 14.6. The van der Waals surface area contributed by atoms with Crippen LogP contribution in [-0.2, 0) is 20.7 Å². The molecule has 5 nitrogen and oxygen atoms in total. The summed E-state index contributed by atoms with van der Waals surface area (Å²) in [7, 11) is 1.89. The second-order valence-electron chi connectivity index (χ2n) is 7.88. The number of hydrogen-bond donors (Lipinski definition) is 1. The van der Waals surface area contributed by atoms with Crippen LogP contribution in [0.3, 0.4) is 0 Å². The van der Waals surface area contributed by atoms with Gasteiger partial charge in [0, 0.05) is 25.6 Å². The molecule has 4 atom stereocenters. The lowest BCUT2D eigenvalue weighted by Gasteiger charge is -2.42. The van der Waals surface area contributed by atoms with Crippen LogP contribution in [0.1, 0.15) is 36.1 Å². The molecule has 30 heavy (non-hydrogen) atoms. The number of nitrogens with zero attached hydrogens (tertiary/aromatic N) is 1. The maximum Gasteiger partial charge on any atom is 0.252 e. The molecule has 4 rings (SSSR count). The molecular weight excluding hydrogens is 383 g/mol. The second kappa shape index (κ2) is 9.25. The van der Waals surface area contributed by atoms with Gasteiger partial charge in [-0.05, 0) is 49.2 Å². The van der Waals surface area contributed by atoms with Gasteiger partial charge in [0.2, 0.25) is 0 Å². The molecule has 6 heteroatoms. The molecule has 0 radical (unpaired) electrons. The van der Waals surface area contributed by atoms with Crippen molar-refractivity contribution in [2.45, 2.75) is 44.1 Å². The summed E-state index contributed by atoms with van der Waals surface area (Å²) in [6, 6.07) is 14.4. The molecule has 1 N–H and O–H groups in total. The van der Waals surface area contributed by atoms with Crippen molar-refractivity contribution in [3.8, 4) is 0 Å². The van der Waals surface area contributed by atoms with Crippen LogP contribution in [0, 0.1) is 5.82 Å². The van der Waals surface area contributed by atoms with Crippen molar-refractivity contribution in [2.24, 2.45) is 0 Å². The molecule has 0 aliphatic carbocycles. The quantitative estimate of drug-likeness (QED) is 0.820. The fourth-order valence-corrected chi connectivity index (χ4v) is 4.63. The molecule has 2 aliphatic heterocycles. The predicted octanol–water partition coefficient (Wildman–Crippen LogP) is 3.08. The molecule has 2 aromatic rings. The fourth-order valence-electron chi connectivity index (χ4n) is 4.63. The highest BCUT2D eigenvalue weighted by atomic mass is 19.1. The maximum absolute atomic E-state index is 13.6. The standard InChI is InChI=1S/C24H29FN2O3/c1-3-29-22-15-30-21(14-20(22)26-2)24(28)27-13-12-16-6-4-5-7-19(16)23(27)17-8-10-18(25)11-9-17/h4-11,20-23,26H,3,12-15H2,1-2H3/t20-,21+,22-,23-/m0/s1. The van der Waals surface area contributed by atoms with Crippen LogP contribution in [0.4, 0.5) is 4.39 Å².